The van der Waals surface area contributed by atoms with Gasteiger partial charge in [-0.3, -0.25) is 0 Å². The zero-order valence-corrected chi connectivity index (χ0v) is 11.4. The zero-order chi connectivity index (χ0) is 12.3. The van der Waals surface area contributed by atoms with Crippen molar-refractivity contribution in [3.63, 3.8) is 0 Å². The average molecular weight is 259 g/mol. The normalized spacial score (nSPS) is 14.9. The van der Waals surface area contributed by atoms with E-state index < -0.39 is 11.0 Å². The molecule has 0 amide bonds. The first-order chi connectivity index (χ1) is 7.30. The highest BCUT2D eigenvalue weighted by Crippen LogP contribution is 2.14. The molecule has 0 radical (unpaired) electrons. The third kappa shape index (κ3) is 3.68. The lowest BCUT2D eigenvalue weighted by atomic mass is 10.2. The summed E-state index contributed by atoms with van der Waals surface area (Å²) in [6, 6.07) is 3.50. The van der Waals surface area contributed by atoms with Gasteiger partial charge in [-0.05, 0) is 39.8 Å². The summed E-state index contributed by atoms with van der Waals surface area (Å²) in [6.07, 6.45) is 1.63. The molecule has 1 aromatic rings. The Morgan fingerprint density at radius 3 is 2.50 bits per heavy atom. The van der Waals surface area contributed by atoms with Crippen molar-refractivity contribution in [2.75, 3.05) is 0 Å². The summed E-state index contributed by atoms with van der Waals surface area (Å²) < 4.78 is 15.6. The predicted octanol–water partition coefficient (Wildman–Crippen LogP) is 3.01. The van der Waals surface area contributed by atoms with Gasteiger partial charge in [0.15, 0.2) is 0 Å². The number of pyridine rings is 1. The minimum absolute atomic E-state index is 0.346. The van der Waals surface area contributed by atoms with Crippen molar-refractivity contribution in [2.24, 2.45) is 4.40 Å². The van der Waals surface area contributed by atoms with Crippen LogP contribution in [-0.4, -0.2) is 19.7 Å². The number of halogens is 1. The summed E-state index contributed by atoms with van der Waals surface area (Å²) in [5.74, 6) is 0. The Morgan fingerprint density at radius 2 is 2.06 bits per heavy atom. The van der Waals surface area contributed by atoms with E-state index in [1.807, 2.05) is 33.8 Å². The van der Waals surface area contributed by atoms with Gasteiger partial charge >= 0.3 is 0 Å². The van der Waals surface area contributed by atoms with Crippen LogP contribution in [0.4, 0.5) is 0 Å². The van der Waals surface area contributed by atoms with Crippen molar-refractivity contribution < 1.29 is 4.21 Å². The molecule has 0 saturated heterocycles. The maximum atomic E-state index is 11.8. The molecule has 1 atom stereocenters. The molecule has 0 fully saturated rings. The number of nitrogens with zero attached hydrogens (tertiary/aromatic N) is 2. The molecule has 1 aromatic heterocycles. The lowest BCUT2D eigenvalue weighted by Gasteiger charge is -2.14. The fraction of sp³-hybridized carbons (Fsp3) is 0.455. The molecule has 0 bridgehead atoms. The second-order valence-corrected chi connectivity index (χ2v) is 6.70. The molecule has 0 aliphatic rings. The summed E-state index contributed by atoms with van der Waals surface area (Å²) in [6.45, 7) is 7.48. The van der Waals surface area contributed by atoms with Crippen LogP contribution in [0.5, 0.6) is 0 Å². The first kappa shape index (κ1) is 13.3. The Morgan fingerprint density at radius 1 is 1.44 bits per heavy atom. The molecular weight excluding hydrogens is 244 g/mol. The quantitative estimate of drug-likeness (QED) is 0.605. The highest BCUT2D eigenvalue weighted by Gasteiger charge is 2.19. The van der Waals surface area contributed by atoms with Gasteiger partial charge in [0.05, 0.1) is 10.5 Å². The van der Waals surface area contributed by atoms with Gasteiger partial charge in [-0.2, -0.15) is 4.40 Å². The summed E-state index contributed by atoms with van der Waals surface area (Å²) in [4.78, 5) is 3.96. The Bertz CT molecular complexity index is 421. The van der Waals surface area contributed by atoms with Crippen LogP contribution in [0, 0.1) is 0 Å². The Kier molecular flexibility index (Phi) is 4.21. The second kappa shape index (κ2) is 5.06. The summed E-state index contributed by atoms with van der Waals surface area (Å²) in [5, 5.41) is 0.438. The van der Waals surface area contributed by atoms with Crippen LogP contribution >= 0.6 is 11.6 Å². The fourth-order valence-corrected chi connectivity index (χ4v) is 1.64. The Balaban J connectivity index is 2.94. The molecule has 1 unspecified atom stereocenters. The van der Waals surface area contributed by atoms with E-state index in [9.17, 15) is 4.21 Å². The molecular formula is C11H15ClN2OS. The number of hydrogen-bond donors (Lipinski definition) is 0. The maximum Gasteiger partial charge on any atom is 0.145 e. The van der Waals surface area contributed by atoms with Crippen molar-refractivity contribution in [2.45, 2.75) is 32.4 Å². The van der Waals surface area contributed by atoms with E-state index in [1.54, 1.807) is 12.3 Å². The molecule has 5 heteroatoms. The van der Waals surface area contributed by atoms with E-state index in [-0.39, 0.29) is 4.75 Å². The molecule has 0 N–H and O–H groups in total. The monoisotopic (exact) mass is 258 g/mol. The largest absolute Gasteiger partial charge is 0.244 e. The third-order valence-electron chi connectivity index (χ3n) is 1.89. The van der Waals surface area contributed by atoms with Crippen LogP contribution in [0.3, 0.4) is 0 Å². The summed E-state index contributed by atoms with van der Waals surface area (Å²) >= 11 is 5.68. The zero-order valence-electron chi connectivity index (χ0n) is 9.82. The van der Waals surface area contributed by atoms with Crippen molar-refractivity contribution >= 4 is 28.3 Å². The molecule has 1 rings (SSSR count). The second-order valence-electron chi connectivity index (χ2n) is 4.41. The highest BCUT2D eigenvalue weighted by atomic mass is 35.5. The van der Waals surface area contributed by atoms with Crippen LogP contribution in [0.25, 0.3) is 0 Å². The van der Waals surface area contributed by atoms with Crippen molar-refractivity contribution in [1.82, 2.24) is 4.98 Å². The number of hydrogen-bond acceptors (Lipinski definition) is 2. The lowest BCUT2D eigenvalue weighted by molar-refractivity contribution is 0.650. The highest BCUT2D eigenvalue weighted by molar-refractivity contribution is 7.85. The first-order valence-corrected chi connectivity index (χ1v) is 6.38. The topological polar surface area (TPSA) is 42.3 Å². The van der Waals surface area contributed by atoms with Crippen LogP contribution < -0.4 is 0 Å². The van der Waals surface area contributed by atoms with Gasteiger partial charge in [-0.15, -0.1) is 0 Å². The Hall–Kier alpha value is -0.740. The molecule has 0 aliphatic heterocycles. The van der Waals surface area contributed by atoms with Gasteiger partial charge in [0.2, 0.25) is 0 Å². The van der Waals surface area contributed by atoms with Crippen molar-refractivity contribution in [1.29, 1.82) is 0 Å². The minimum Gasteiger partial charge on any atom is -0.244 e. The van der Waals surface area contributed by atoms with E-state index >= 15 is 0 Å². The number of aromatic nitrogens is 1. The molecule has 88 valence electrons. The average Bonchev–Trinajstić information content (AvgIpc) is 2.17. The van der Waals surface area contributed by atoms with Crippen LogP contribution in [0.1, 0.15) is 33.3 Å². The van der Waals surface area contributed by atoms with Gasteiger partial charge in [0.25, 0.3) is 0 Å². The molecule has 1 heterocycles. The Labute approximate surface area is 104 Å². The first-order valence-electron chi connectivity index (χ1n) is 4.90. The molecule has 0 aliphatic carbocycles. The molecule has 0 aromatic carbocycles. The molecule has 0 saturated carbocycles. The van der Waals surface area contributed by atoms with Gasteiger partial charge in [0, 0.05) is 11.8 Å². The lowest BCUT2D eigenvalue weighted by Crippen LogP contribution is -2.20. The maximum absolute atomic E-state index is 11.8. The smallest absolute Gasteiger partial charge is 0.145 e. The fourth-order valence-electron chi connectivity index (χ4n) is 0.904. The number of rotatable bonds is 2. The van der Waals surface area contributed by atoms with Gasteiger partial charge in [-0.25, -0.2) is 9.19 Å². The van der Waals surface area contributed by atoms with Gasteiger partial charge < -0.3 is 0 Å². The SMILES string of the molecule is CC(=NS(=O)C(C)(C)C)c1ccc(Cl)nc1. The molecule has 0 spiro atoms. The van der Waals surface area contributed by atoms with Gasteiger partial charge in [0.1, 0.15) is 16.1 Å². The van der Waals surface area contributed by atoms with E-state index in [1.165, 1.54) is 0 Å². The van der Waals surface area contributed by atoms with Crippen molar-refractivity contribution in [3.05, 3.63) is 29.0 Å². The third-order valence-corrected chi connectivity index (χ3v) is 3.60. The predicted molar refractivity (Wildman–Crippen MR) is 69.4 cm³/mol. The standard InChI is InChI=1S/C11H15ClN2OS/c1-8(14-16(15)11(2,3)4)9-5-6-10(12)13-7-9/h5-7H,1-4H3. The molecule has 16 heavy (non-hydrogen) atoms. The minimum atomic E-state index is -1.25. The van der Waals surface area contributed by atoms with Crippen LogP contribution in [0.15, 0.2) is 22.7 Å². The van der Waals surface area contributed by atoms with Crippen LogP contribution in [0.2, 0.25) is 5.15 Å². The van der Waals surface area contributed by atoms with Crippen LogP contribution in [-0.2, 0) is 11.0 Å². The molecule has 3 nitrogen and oxygen atoms in total. The summed E-state index contributed by atoms with van der Waals surface area (Å²) in [5.41, 5.74) is 1.54. The van der Waals surface area contributed by atoms with E-state index in [0.717, 1.165) is 5.56 Å². The summed E-state index contributed by atoms with van der Waals surface area (Å²) in [7, 11) is -1.25. The van der Waals surface area contributed by atoms with E-state index in [0.29, 0.717) is 10.9 Å². The van der Waals surface area contributed by atoms with Crippen molar-refractivity contribution in [3.8, 4) is 0 Å². The van der Waals surface area contributed by atoms with E-state index in [4.69, 9.17) is 11.6 Å². The van der Waals surface area contributed by atoms with E-state index in [2.05, 4.69) is 9.38 Å². The van der Waals surface area contributed by atoms with Gasteiger partial charge in [-0.1, -0.05) is 11.6 Å².